The Morgan fingerprint density at radius 2 is 1.89 bits per heavy atom. The number of ether oxygens (including phenoxy) is 2. The van der Waals surface area contributed by atoms with Crippen LogP contribution in [0.25, 0.3) is 33.9 Å². The highest BCUT2D eigenvalue weighted by Crippen LogP contribution is 2.32. The highest BCUT2D eigenvalue weighted by atomic mass is 32.2. The molecule has 4 rings (SSSR count). The van der Waals surface area contributed by atoms with Crippen molar-refractivity contribution in [3.05, 3.63) is 49.1 Å². The minimum absolute atomic E-state index is 0.468. The number of thioether (sulfide) groups is 1. The van der Waals surface area contributed by atoms with Crippen molar-refractivity contribution in [3.8, 4) is 34.3 Å². The van der Waals surface area contributed by atoms with E-state index >= 15 is 0 Å². The number of imidazole rings is 1. The Hall–Kier alpha value is -3.26. The van der Waals surface area contributed by atoms with Crippen molar-refractivity contribution in [2.45, 2.75) is 5.22 Å². The first kappa shape index (κ1) is 18.1. The Bertz CT molecular complexity index is 1140. The zero-order valence-corrected chi connectivity index (χ0v) is 16.2. The molecule has 2 heterocycles. The van der Waals surface area contributed by atoms with Crippen molar-refractivity contribution in [2.24, 2.45) is 0 Å². The first-order valence-corrected chi connectivity index (χ1v) is 9.50. The van der Waals surface area contributed by atoms with E-state index in [-0.39, 0.29) is 0 Å². The van der Waals surface area contributed by atoms with E-state index in [0.29, 0.717) is 22.6 Å². The number of H-pyrrole nitrogens is 1. The predicted octanol–water partition coefficient (Wildman–Crippen LogP) is 4.58. The summed E-state index contributed by atoms with van der Waals surface area (Å²) in [6, 6.07) is 11.5. The van der Waals surface area contributed by atoms with E-state index in [1.165, 1.54) is 11.8 Å². The van der Waals surface area contributed by atoms with E-state index in [4.69, 9.17) is 13.9 Å². The maximum Gasteiger partial charge on any atom is 0.277 e. The van der Waals surface area contributed by atoms with E-state index in [2.05, 4.69) is 26.7 Å². The summed E-state index contributed by atoms with van der Waals surface area (Å²) in [6.45, 7) is 3.69. The van der Waals surface area contributed by atoms with Crippen LogP contribution in [0.15, 0.2) is 58.7 Å². The Morgan fingerprint density at radius 3 is 2.68 bits per heavy atom. The van der Waals surface area contributed by atoms with Crippen molar-refractivity contribution in [1.29, 1.82) is 0 Å². The van der Waals surface area contributed by atoms with E-state index in [1.807, 2.05) is 36.4 Å². The SMILES string of the molecule is C=CCSc1nnc(-c2ccc3nc(-c4ccc(OC)c(OC)c4)[nH]c3c2)o1. The average Bonchev–Trinajstić information content (AvgIpc) is 3.38. The molecule has 0 radical (unpaired) electrons. The van der Waals surface area contributed by atoms with E-state index in [1.54, 1.807) is 20.3 Å². The Kier molecular flexibility index (Phi) is 5.03. The maximum atomic E-state index is 5.70. The van der Waals surface area contributed by atoms with Crippen LogP contribution in [-0.2, 0) is 0 Å². The van der Waals surface area contributed by atoms with Crippen LogP contribution in [0.2, 0.25) is 0 Å². The lowest BCUT2D eigenvalue weighted by molar-refractivity contribution is 0.355. The third-order valence-corrected chi connectivity index (χ3v) is 4.93. The molecule has 0 saturated carbocycles. The number of nitrogens with zero attached hydrogens (tertiary/aromatic N) is 3. The molecule has 1 N–H and O–H groups in total. The molecule has 0 unspecified atom stereocenters. The second-order valence-electron chi connectivity index (χ2n) is 5.86. The van der Waals surface area contributed by atoms with Crippen molar-refractivity contribution in [1.82, 2.24) is 20.2 Å². The summed E-state index contributed by atoms with van der Waals surface area (Å²) in [5, 5.41) is 8.68. The molecule has 0 aliphatic carbocycles. The smallest absolute Gasteiger partial charge is 0.277 e. The van der Waals surface area contributed by atoms with Gasteiger partial charge in [0.05, 0.1) is 25.3 Å². The van der Waals surface area contributed by atoms with Crippen molar-refractivity contribution < 1.29 is 13.9 Å². The molecular weight excluding hydrogens is 376 g/mol. The van der Waals surface area contributed by atoms with Gasteiger partial charge in [0.25, 0.3) is 5.22 Å². The summed E-state index contributed by atoms with van der Waals surface area (Å²) in [5.74, 6) is 3.25. The van der Waals surface area contributed by atoms with E-state index < -0.39 is 0 Å². The summed E-state index contributed by atoms with van der Waals surface area (Å²) < 4.78 is 16.4. The van der Waals surface area contributed by atoms with Crippen LogP contribution >= 0.6 is 11.8 Å². The summed E-state index contributed by atoms with van der Waals surface area (Å²) in [5.41, 5.74) is 3.44. The standard InChI is InChI=1S/C20H18N4O3S/c1-4-9-28-20-24-23-19(27-20)13-5-7-14-15(10-13)22-18(21-14)12-6-8-16(25-2)17(11-12)26-3/h4-8,10-11H,1,9H2,2-3H3,(H,21,22). The molecule has 0 fully saturated rings. The van der Waals surface area contributed by atoms with Crippen LogP contribution in [0.4, 0.5) is 0 Å². The lowest BCUT2D eigenvalue weighted by Crippen LogP contribution is -1.91. The average molecular weight is 394 g/mol. The number of aromatic nitrogens is 4. The number of hydrogen-bond donors (Lipinski definition) is 1. The molecule has 4 aromatic rings. The monoisotopic (exact) mass is 394 g/mol. The maximum absolute atomic E-state index is 5.70. The van der Waals surface area contributed by atoms with Gasteiger partial charge >= 0.3 is 0 Å². The number of fused-ring (bicyclic) bond motifs is 1. The predicted molar refractivity (Wildman–Crippen MR) is 109 cm³/mol. The molecular formula is C20H18N4O3S. The van der Waals surface area contributed by atoms with Crippen LogP contribution in [0.3, 0.4) is 0 Å². The van der Waals surface area contributed by atoms with Gasteiger partial charge in [-0.1, -0.05) is 17.8 Å². The first-order chi connectivity index (χ1) is 13.7. The molecule has 28 heavy (non-hydrogen) atoms. The van der Waals surface area contributed by atoms with Crippen LogP contribution < -0.4 is 9.47 Å². The van der Waals surface area contributed by atoms with Crippen LogP contribution in [0.1, 0.15) is 0 Å². The normalized spacial score (nSPS) is 10.9. The Labute approximate surface area is 165 Å². The molecule has 0 saturated heterocycles. The van der Waals surface area contributed by atoms with Gasteiger partial charge in [0.2, 0.25) is 5.89 Å². The topological polar surface area (TPSA) is 86.1 Å². The van der Waals surface area contributed by atoms with E-state index in [9.17, 15) is 0 Å². The first-order valence-electron chi connectivity index (χ1n) is 8.51. The lowest BCUT2D eigenvalue weighted by atomic mass is 10.2. The lowest BCUT2D eigenvalue weighted by Gasteiger charge is -2.08. The number of methoxy groups -OCH3 is 2. The Morgan fingerprint density at radius 1 is 1.07 bits per heavy atom. The molecule has 0 aliphatic heterocycles. The van der Waals surface area contributed by atoms with Crippen molar-refractivity contribution >= 4 is 22.8 Å². The second kappa shape index (κ2) is 7.77. The fourth-order valence-corrected chi connectivity index (χ4v) is 3.27. The van der Waals surface area contributed by atoms with Crippen molar-refractivity contribution in [3.63, 3.8) is 0 Å². The van der Waals surface area contributed by atoms with Gasteiger partial charge in [0.15, 0.2) is 11.5 Å². The van der Waals surface area contributed by atoms with Gasteiger partial charge in [-0.2, -0.15) is 0 Å². The van der Waals surface area contributed by atoms with Gasteiger partial charge in [-0.3, -0.25) is 0 Å². The van der Waals surface area contributed by atoms with Gasteiger partial charge in [0.1, 0.15) is 5.82 Å². The number of benzene rings is 2. The summed E-state index contributed by atoms with van der Waals surface area (Å²) in [4.78, 5) is 8.00. The highest BCUT2D eigenvalue weighted by Gasteiger charge is 2.13. The molecule has 0 amide bonds. The molecule has 0 spiro atoms. The molecule has 142 valence electrons. The van der Waals surface area contributed by atoms with E-state index in [0.717, 1.165) is 33.7 Å². The largest absolute Gasteiger partial charge is 0.493 e. The number of aromatic amines is 1. The fourth-order valence-electron chi connectivity index (χ4n) is 2.78. The molecule has 0 bridgehead atoms. The van der Waals surface area contributed by atoms with Gasteiger partial charge in [0, 0.05) is 16.9 Å². The molecule has 0 atom stereocenters. The highest BCUT2D eigenvalue weighted by molar-refractivity contribution is 7.99. The van der Waals surface area contributed by atoms with Crippen LogP contribution in [0.5, 0.6) is 11.5 Å². The summed E-state index contributed by atoms with van der Waals surface area (Å²) in [7, 11) is 3.22. The van der Waals surface area contributed by atoms with Crippen molar-refractivity contribution in [2.75, 3.05) is 20.0 Å². The third kappa shape index (κ3) is 3.46. The molecule has 0 aliphatic rings. The van der Waals surface area contributed by atoms with Gasteiger partial charge in [-0.05, 0) is 36.4 Å². The van der Waals surface area contributed by atoms with Crippen LogP contribution in [0, 0.1) is 0 Å². The molecule has 2 aromatic heterocycles. The number of rotatable bonds is 7. The summed E-state index contributed by atoms with van der Waals surface area (Å²) in [6.07, 6.45) is 1.79. The van der Waals surface area contributed by atoms with Gasteiger partial charge in [-0.15, -0.1) is 16.8 Å². The molecule has 8 heteroatoms. The summed E-state index contributed by atoms with van der Waals surface area (Å²) >= 11 is 1.45. The number of hydrogen-bond acceptors (Lipinski definition) is 7. The van der Waals surface area contributed by atoms with Crippen LogP contribution in [-0.4, -0.2) is 40.1 Å². The zero-order chi connectivity index (χ0) is 19.5. The molecule has 7 nitrogen and oxygen atoms in total. The van der Waals surface area contributed by atoms with Gasteiger partial charge < -0.3 is 18.9 Å². The third-order valence-electron chi connectivity index (χ3n) is 4.12. The zero-order valence-electron chi connectivity index (χ0n) is 15.4. The fraction of sp³-hybridized carbons (Fsp3) is 0.150. The minimum Gasteiger partial charge on any atom is -0.493 e. The quantitative estimate of drug-likeness (QED) is 0.363. The second-order valence-corrected chi connectivity index (χ2v) is 6.83. The van der Waals surface area contributed by atoms with Gasteiger partial charge in [-0.25, -0.2) is 4.98 Å². The Balaban J connectivity index is 1.67. The minimum atomic E-state index is 0.468. The number of nitrogens with one attached hydrogen (secondary N) is 1. The molecule has 2 aromatic carbocycles.